The monoisotopic (exact) mass is 292 g/mol. The topological polar surface area (TPSA) is 54.7 Å². The molecule has 2 fully saturated rings. The van der Waals surface area contributed by atoms with Gasteiger partial charge >= 0.3 is 0 Å². The highest BCUT2D eigenvalue weighted by Crippen LogP contribution is 2.35. The van der Waals surface area contributed by atoms with Crippen molar-refractivity contribution in [2.45, 2.75) is 50.8 Å². The highest BCUT2D eigenvalue weighted by Gasteiger charge is 2.44. The van der Waals surface area contributed by atoms with Crippen LogP contribution in [0, 0.1) is 0 Å². The average Bonchev–Trinajstić information content (AvgIpc) is 3.09. The summed E-state index contributed by atoms with van der Waals surface area (Å²) in [6.45, 7) is 7.21. The van der Waals surface area contributed by atoms with Crippen molar-refractivity contribution in [3.05, 3.63) is 24.2 Å². The molecule has 1 spiro atoms. The van der Waals surface area contributed by atoms with Gasteiger partial charge in [0, 0.05) is 31.8 Å². The summed E-state index contributed by atoms with van der Waals surface area (Å²) in [5.74, 6) is 0.256. The third-order valence-electron chi connectivity index (χ3n) is 4.65. The molecule has 1 aromatic heterocycles. The van der Waals surface area contributed by atoms with Crippen molar-refractivity contribution < 1.29 is 13.9 Å². The van der Waals surface area contributed by atoms with Crippen LogP contribution in [0.25, 0.3) is 0 Å². The number of nitrogens with zero attached hydrogens (tertiary/aromatic N) is 1. The zero-order valence-corrected chi connectivity index (χ0v) is 12.8. The first-order valence-electron chi connectivity index (χ1n) is 7.80. The van der Waals surface area contributed by atoms with E-state index in [1.807, 2.05) is 0 Å². The van der Waals surface area contributed by atoms with E-state index in [1.165, 1.54) is 6.26 Å². The van der Waals surface area contributed by atoms with Crippen LogP contribution >= 0.6 is 0 Å². The van der Waals surface area contributed by atoms with Gasteiger partial charge < -0.3 is 14.5 Å². The van der Waals surface area contributed by atoms with Gasteiger partial charge in [-0.2, -0.15) is 0 Å². The predicted octanol–water partition coefficient (Wildman–Crippen LogP) is 2.04. The molecule has 1 N–H and O–H groups in total. The van der Waals surface area contributed by atoms with E-state index in [1.54, 1.807) is 12.1 Å². The Bertz CT molecular complexity index is 486. The largest absolute Gasteiger partial charge is 0.459 e. The van der Waals surface area contributed by atoms with Crippen LogP contribution in [0.3, 0.4) is 0 Å². The molecular formula is C16H24N2O3. The van der Waals surface area contributed by atoms with E-state index in [2.05, 4.69) is 24.1 Å². The highest BCUT2D eigenvalue weighted by molar-refractivity contribution is 5.91. The summed E-state index contributed by atoms with van der Waals surface area (Å²) in [5, 5.41) is 3.09. The summed E-state index contributed by atoms with van der Waals surface area (Å²) in [6, 6.07) is 4.15. The molecule has 3 rings (SSSR count). The smallest absolute Gasteiger partial charge is 0.287 e. The lowest BCUT2D eigenvalue weighted by molar-refractivity contribution is -0.0802. The van der Waals surface area contributed by atoms with Gasteiger partial charge in [-0.15, -0.1) is 0 Å². The molecule has 2 aliphatic rings. The van der Waals surface area contributed by atoms with Gasteiger partial charge in [-0.3, -0.25) is 9.69 Å². The molecule has 1 aromatic rings. The lowest BCUT2D eigenvalue weighted by atomic mass is 9.89. The molecule has 0 bridgehead atoms. The van der Waals surface area contributed by atoms with E-state index in [0.717, 1.165) is 39.0 Å². The number of nitrogens with one attached hydrogen (secondary N) is 1. The summed E-state index contributed by atoms with van der Waals surface area (Å²) in [4.78, 5) is 14.5. The zero-order chi connectivity index (χ0) is 14.9. The number of hydrogen-bond acceptors (Lipinski definition) is 4. The van der Waals surface area contributed by atoms with Crippen molar-refractivity contribution in [2.75, 3.05) is 19.7 Å². The number of carbonyl (C=O) groups is 1. The first kappa shape index (κ1) is 14.6. The van der Waals surface area contributed by atoms with Gasteiger partial charge in [0.2, 0.25) is 0 Å². The molecule has 0 radical (unpaired) electrons. The Hall–Kier alpha value is -1.33. The molecule has 1 amide bonds. The van der Waals surface area contributed by atoms with E-state index in [4.69, 9.17) is 9.15 Å². The summed E-state index contributed by atoms with van der Waals surface area (Å²) in [7, 11) is 0. The maximum Gasteiger partial charge on any atom is 0.287 e. The normalized spacial score (nSPS) is 30.1. The van der Waals surface area contributed by atoms with Crippen LogP contribution in [0.1, 0.15) is 43.7 Å². The minimum absolute atomic E-state index is 0.0797. The molecule has 2 aliphatic heterocycles. The van der Waals surface area contributed by atoms with Gasteiger partial charge in [-0.1, -0.05) is 0 Å². The number of amides is 1. The maximum absolute atomic E-state index is 12.1. The quantitative estimate of drug-likeness (QED) is 0.926. The van der Waals surface area contributed by atoms with Crippen LogP contribution in [0.5, 0.6) is 0 Å². The first-order chi connectivity index (χ1) is 10.1. The molecule has 2 saturated heterocycles. The van der Waals surface area contributed by atoms with Gasteiger partial charge in [-0.25, -0.2) is 0 Å². The van der Waals surface area contributed by atoms with Crippen LogP contribution in [0.15, 0.2) is 22.8 Å². The third kappa shape index (κ3) is 3.14. The highest BCUT2D eigenvalue weighted by atomic mass is 16.5. The van der Waals surface area contributed by atoms with E-state index in [-0.39, 0.29) is 17.6 Å². The summed E-state index contributed by atoms with van der Waals surface area (Å²) < 4.78 is 11.2. The second-order valence-electron chi connectivity index (χ2n) is 6.49. The van der Waals surface area contributed by atoms with Gasteiger partial charge in [0.1, 0.15) is 0 Å². The molecule has 5 heteroatoms. The van der Waals surface area contributed by atoms with Crippen LogP contribution in [0.4, 0.5) is 0 Å². The summed E-state index contributed by atoms with van der Waals surface area (Å²) >= 11 is 0. The van der Waals surface area contributed by atoms with Crippen molar-refractivity contribution in [3.8, 4) is 0 Å². The van der Waals surface area contributed by atoms with E-state index < -0.39 is 0 Å². The van der Waals surface area contributed by atoms with E-state index in [0.29, 0.717) is 11.8 Å². The fraction of sp³-hybridized carbons (Fsp3) is 0.688. The van der Waals surface area contributed by atoms with Crippen LogP contribution in [-0.4, -0.2) is 48.2 Å². The van der Waals surface area contributed by atoms with Crippen molar-refractivity contribution in [2.24, 2.45) is 0 Å². The van der Waals surface area contributed by atoms with Crippen LogP contribution < -0.4 is 5.32 Å². The molecule has 0 aliphatic carbocycles. The molecule has 3 heterocycles. The van der Waals surface area contributed by atoms with Crippen LogP contribution in [0.2, 0.25) is 0 Å². The lowest BCUT2D eigenvalue weighted by Crippen LogP contribution is -2.50. The third-order valence-corrected chi connectivity index (χ3v) is 4.65. The Balaban J connectivity index is 1.60. The Labute approximate surface area is 125 Å². The number of ether oxygens (including phenoxy) is 1. The molecular weight excluding hydrogens is 268 g/mol. The number of rotatable bonds is 3. The molecule has 116 valence electrons. The Kier molecular flexibility index (Phi) is 4.04. The fourth-order valence-corrected chi connectivity index (χ4v) is 3.42. The minimum Gasteiger partial charge on any atom is -0.459 e. The van der Waals surface area contributed by atoms with Gasteiger partial charge in [0.25, 0.3) is 5.91 Å². The van der Waals surface area contributed by atoms with Crippen molar-refractivity contribution >= 4 is 5.91 Å². The number of carbonyl (C=O) groups excluding carboxylic acids is 1. The van der Waals surface area contributed by atoms with Gasteiger partial charge in [0.05, 0.1) is 11.9 Å². The van der Waals surface area contributed by atoms with Crippen molar-refractivity contribution in [1.82, 2.24) is 10.2 Å². The fourth-order valence-electron chi connectivity index (χ4n) is 3.42. The minimum atomic E-state index is -0.124. The predicted molar refractivity (Wildman–Crippen MR) is 79.2 cm³/mol. The van der Waals surface area contributed by atoms with Gasteiger partial charge in [0.15, 0.2) is 5.76 Å². The van der Waals surface area contributed by atoms with Gasteiger partial charge in [-0.05, 0) is 45.2 Å². The Morgan fingerprint density at radius 1 is 1.52 bits per heavy atom. The SMILES string of the molecule is CC(C)N1CC[C@@]2(C[C@H](NC(=O)c3ccco3)CCO2)C1. The maximum atomic E-state index is 12.1. The second-order valence-corrected chi connectivity index (χ2v) is 6.49. The van der Waals surface area contributed by atoms with Crippen molar-refractivity contribution in [1.29, 1.82) is 0 Å². The van der Waals surface area contributed by atoms with E-state index >= 15 is 0 Å². The average molecular weight is 292 g/mol. The molecule has 0 aromatic carbocycles. The summed E-state index contributed by atoms with van der Waals surface area (Å²) in [6.07, 6.45) is 4.34. The van der Waals surface area contributed by atoms with E-state index in [9.17, 15) is 4.79 Å². The zero-order valence-electron chi connectivity index (χ0n) is 12.8. The molecule has 2 atom stereocenters. The summed E-state index contributed by atoms with van der Waals surface area (Å²) in [5.41, 5.74) is -0.0797. The molecule has 21 heavy (non-hydrogen) atoms. The number of furan rings is 1. The number of likely N-dealkylation sites (tertiary alicyclic amines) is 1. The second kappa shape index (κ2) is 5.81. The molecule has 5 nitrogen and oxygen atoms in total. The van der Waals surface area contributed by atoms with Crippen LogP contribution in [-0.2, 0) is 4.74 Å². The molecule has 0 saturated carbocycles. The molecule has 0 unspecified atom stereocenters. The van der Waals surface area contributed by atoms with Crippen molar-refractivity contribution in [3.63, 3.8) is 0 Å². The number of hydrogen-bond donors (Lipinski definition) is 1. The Morgan fingerprint density at radius 2 is 2.38 bits per heavy atom. The lowest BCUT2D eigenvalue weighted by Gasteiger charge is -2.38. The first-order valence-corrected chi connectivity index (χ1v) is 7.80. The standard InChI is InChI=1S/C16H24N2O3/c1-12(2)18-7-6-16(11-18)10-13(5-9-21-16)17-15(19)14-4-3-8-20-14/h3-4,8,12-13H,5-7,9-11H2,1-2H3,(H,17,19)/t13-,16-/m1/s1. The Morgan fingerprint density at radius 3 is 3.05 bits per heavy atom.